The normalized spacial score (nSPS) is 10.6. The van der Waals surface area contributed by atoms with E-state index in [1.807, 2.05) is 13.0 Å². The Balaban J connectivity index is 2.01. The molecule has 0 aliphatic heterocycles. The van der Waals surface area contributed by atoms with Crippen LogP contribution in [0.2, 0.25) is 10.0 Å². The molecule has 0 atom stereocenters. The van der Waals surface area contributed by atoms with E-state index < -0.39 is 11.2 Å². The molecule has 9 heteroatoms. The summed E-state index contributed by atoms with van der Waals surface area (Å²) in [6.07, 6.45) is 2.70. The van der Waals surface area contributed by atoms with Crippen molar-refractivity contribution in [3.63, 3.8) is 0 Å². The zero-order valence-corrected chi connectivity index (χ0v) is 13.9. The lowest BCUT2D eigenvalue weighted by Crippen LogP contribution is -2.30. The molecule has 3 rings (SSSR count). The van der Waals surface area contributed by atoms with E-state index in [4.69, 9.17) is 23.2 Å². The van der Waals surface area contributed by atoms with Gasteiger partial charge in [0, 0.05) is 6.20 Å². The molecule has 0 amide bonds. The minimum absolute atomic E-state index is 0.278. The van der Waals surface area contributed by atoms with E-state index in [1.54, 1.807) is 12.3 Å². The molecule has 0 saturated heterocycles. The second-order valence-electron chi connectivity index (χ2n) is 4.98. The van der Waals surface area contributed by atoms with Gasteiger partial charge in [-0.15, -0.1) is 0 Å². The fourth-order valence-corrected chi connectivity index (χ4v) is 2.58. The summed E-state index contributed by atoms with van der Waals surface area (Å²) in [4.78, 5) is 29.2. The third-order valence-corrected chi connectivity index (χ3v) is 3.75. The van der Waals surface area contributed by atoms with Crippen LogP contribution in [0.25, 0.3) is 5.69 Å². The fourth-order valence-electron chi connectivity index (χ4n) is 2.01. The van der Waals surface area contributed by atoms with Gasteiger partial charge in [-0.1, -0.05) is 29.3 Å². The van der Waals surface area contributed by atoms with Crippen molar-refractivity contribution in [2.24, 2.45) is 0 Å². The van der Waals surface area contributed by atoms with Crippen LogP contribution in [0.4, 0.5) is 11.5 Å². The minimum atomic E-state index is -0.685. The lowest BCUT2D eigenvalue weighted by Gasteiger charge is -2.12. The maximum Gasteiger partial charge on any atom is 0.349 e. The van der Waals surface area contributed by atoms with Crippen LogP contribution in [0, 0.1) is 6.92 Å². The highest BCUT2D eigenvalue weighted by atomic mass is 35.5. The van der Waals surface area contributed by atoms with Gasteiger partial charge in [0.25, 0.3) is 5.56 Å². The van der Waals surface area contributed by atoms with Crippen molar-refractivity contribution in [3.8, 4) is 5.69 Å². The molecule has 0 unspecified atom stereocenters. The van der Waals surface area contributed by atoms with Gasteiger partial charge in [-0.3, -0.25) is 9.78 Å². The van der Waals surface area contributed by atoms with Crippen molar-refractivity contribution >= 4 is 34.7 Å². The van der Waals surface area contributed by atoms with E-state index in [1.165, 1.54) is 12.1 Å². The smallest absolute Gasteiger partial charge is 0.338 e. The summed E-state index contributed by atoms with van der Waals surface area (Å²) < 4.78 is 0.993. The van der Waals surface area contributed by atoms with Crippen molar-refractivity contribution < 1.29 is 0 Å². The maximum atomic E-state index is 11.8. The van der Waals surface area contributed by atoms with E-state index in [-0.39, 0.29) is 10.0 Å². The summed E-state index contributed by atoms with van der Waals surface area (Å²) >= 11 is 12.5. The number of anilines is 2. The van der Waals surface area contributed by atoms with Crippen molar-refractivity contribution in [2.45, 2.75) is 6.92 Å². The Morgan fingerprint density at radius 1 is 1.12 bits per heavy atom. The molecule has 3 aromatic rings. The molecule has 0 radical (unpaired) electrons. The predicted octanol–water partition coefficient (Wildman–Crippen LogP) is 2.67. The van der Waals surface area contributed by atoms with Crippen molar-refractivity contribution in [1.29, 1.82) is 0 Å². The number of nitrogens with one attached hydrogen (secondary N) is 2. The molecule has 0 bridgehead atoms. The average Bonchev–Trinajstić information content (AvgIpc) is 2.52. The van der Waals surface area contributed by atoms with Gasteiger partial charge in [0.05, 0.1) is 21.4 Å². The number of aryl methyl sites for hydroxylation is 1. The monoisotopic (exact) mass is 363 g/mol. The van der Waals surface area contributed by atoms with E-state index in [0.29, 0.717) is 17.2 Å². The number of benzene rings is 1. The van der Waals surface area contributed by atoms with Gasteiger partial charge in [-0.25, -0.2) is 9.78 Å². The van der Waals surface area contributed by atoms with Crippen LogP contribution in [0.3, 0.4) is 0 Å². The highest BCUT2D eigenvalue weighted by Gasteiger charge is 2.12. The van der Waals surface area contributed by atoms with Crippen LogP contribution < -0.4 is 16.6 Å². The highest BCUT2D eigenvalue weighted by molar-refractivity contribution is 6.39. The third kappa shape index (κ3) is 3.32. The lowest BCUT2D eigenvalue weighted by atomic mass is 10.2. The maximum absolute atomic E-state index is 11.8. The van der Waals surface area contributed by atoms with Gasteiger partial charge in [0.1, 0.15) is 12.0 Å². The fraction of sp³-hybridized carbons (Fsp3) is 0.0667. The molecule has 0 fully saturated rings. The molecule has 2 aromatic heterocycles. The van der Waals surface area contributed by atoms with E-state index >= 15 is 0 Å². The summed E-state index contributed by atoms with van der Waals surface area (Å²) in [7, 11) is 0. The number of pyridine rings is 1. The predicted molar refractivity (Wildman–Crippen MR) is 92.7 cm³/mol. The van der Waals surface area contributed by atoms with Crippen LogP contribution in [-0.4, -0.2) is 19.7 Å². The van der Waals surface area contributed by atoms with Crippen LogP contribution >= 0.6 is 23.2 Å². The van der Waals surface area contributed by atoms with E-state index in [0.717, 1.165) is 16.4 Å². The Morgan fingerprint density at radius 3 is 2.42 bits per heavy atom. The first-order valence-corrected chi connectivity index (χ1v) is 7.57. The van der Waals surface area contributed by atoms with Gasteiger partial charge >= 0.3 is 5.69 Å². The van der Waals surface area contributed by atoms with Gasteiger partial charge in [-0.05, 0) is 30.7 Å². The Labute approximate surface area is 145 Å². The van der Waals surface area contributed by atoms with Gasteiger partial charge < -0.3 is 5.32 Å². The number of aromatic nitrogens is 4. The second-order valence-corrected chi connectivity index (χ2v) is 5.80. The summed E-state index contributed by atoms with van der Waals surface area (Å²) in [5.41, 5.74) is 0.536. The van der Waals surface area contributed by atoms with Crippen LogP contribution in [-0.2, 0) is 0 Å². The third-order valence-electron chi connectivity index (χ3n) is 3.15. The molecular weight excluding hydrogens is 353 g/mol. The number of H-pyrrole nitrogens is 1. The molecule has 0 aliphatic carbocycles. The van der Waals surface area contributed by atoms with Crippen molar-refractivity contribution in [2.75, 3.05) is 5.32 Å². The summed E-state index contributed by atoms with van der Waals surface area (Å²) in [5.74, 6) is 0.580. The second kappa shape index (κ2) is 6.46. The van der Waals surface area contributed by atoms with Crippen LogP contribution in [0.15, 0.2) is 46.2 Å². The number of halogens is 2. The topological polar surface area (TPSA) is 92.7 Å². The van der Waals surface area contributed by atoms with Crippen LogP contribution in [0.5, 0.6) is 0 Å². The number of hydrogen-bond acceptors (Lipinski definition) is 5. The van der Waals surface area contributed by atoms with E-state index in [2.05, 4.69) is 20.4 Å². The minimum Gasteiger partial charge on any atom is -0.338 e. The van der Waals surface area contributed by atoms with Crippen molar-refractivity contribution in [3.05, 3.63) is 73.1 Å². The molecule has 0 spiro atoms. The number of nitrogens with zero attached hydrogens (tertiary/aromatic N) is 3. The Bertz CT molecular complexity index is 988. The Hall–Kier alpha value is -2.64. The summed E-state index contributed by atoms with van der Waals surface area (Å²) in [6.45, 7) is 1.93. The largest absolute Gasteiger partial charge is 0.349 e. The molecule has 0 aliphatic rings. The Kier molecular flexibility index (Phi) is 4.37. The molecule has 122 valence electrons. The molecule has 7 nitrogen and oxygen atoms in total. The first kappa shape index (κ1) is 16.2. The van der Waals surface area contributed by atoms with Crippen LogP contribution in [0.1, 0.15) is 5.56 Å². The molecule has 0 saturated carbocycles. The van der Waals surface area contributed by atoms with Crippen molar-refractivity contribution in [1.82, 2.24) is 19.7 Å². The molecule has 2 heterocycles. The molecule has 1 aromatic carbocycles. The Morgan fingerprint density at radius 2 is 1.83 bits per heavy atom. The standard InChI is InChI=1S/C15H11Cl2N5O2/c1-8-2-3-12(18-6-8)20-14-10(16)4-9(5-11(14)17)22-15(24)21-13(23)7-19-22/h2-7H,1H3,(H,18,20)(H,21,23,24). The van der Waals surface area contributed by atoms with Gasteiger partial charge in [0.15, 0.2) is 0 Å². The summed E-state index contributed by atoms with van der Waals surface area (Å²) in [5, 5.41) is 7.35. The van der Waals surface area contributed by atoms with Gasteiger partial charge in [0.2, 0.25) is 0 Å². The molecule has 2 N–H and O–H groups in total. The quantitative estimate of drug-likeness (QED) is 0.746. The first-order valence-electron chi connectivity index (χ1n) is 6.82. The number of hydrogen-bond donors (Lipinski definition) is 2. The SMILES string of the molecule is Cc1ccc(Nc2c(Cl)cc(-n3ncc(=O)[nH]c3=O)cc2Cl)nc1. The first-order chi connectivity index (χ1) is 11.4. The molecule has 24 heavy (non-hydrogen) atoms. The lowest BCUT2D eigenvalue weighted by molar-refractivity contribution is 0.750. The zero-order valence-electron chi connectivity index (χ0n) is 12.4. The highest BCUT2D eigenvalue weighted by Crippen LogP contribution is 2.34. The summed E-state index contributed by atoms with van der Waals surface area (Å²) in [6, 6.07) is 6.71. The number of rotatable bonds is 3. The molecular formula is C15H11Cl2N5O2. The zero-order chi connectivity index (χ0) is 17.3. The van der Waals surface area contributed by atoms with E-state index in [9.17, 15) is 9.59 Å². The van der Waals surface area contributed by atoms with Gasteiger partial charge in [-0.2, -0.15) is 9.78 Å². The number of aromatic amines is 1. The average molecular weight is 364 g/mol.